The number of rotatable bonds is 7. The summed E-state index contributed by atoms with van der Waals surface area (Å²) >= 11 is 0. The molecular formula is C13H20F2N2O. The fourth-order valence-corrected chi connectivity index (χ4v) is 1.91. The number of hydrogen-bond donors (Lipinski definition) is 3. The quantitative estimate of drug-likeness (QED) is 0.698. The molecule has 0 saturated heterocycles. The van der Waals surface area contributed by atoms with Crippen molar-refractivity contribution in [3.05, 3.63) is 35.4 Å². The monoisotopic (exact) mass is 258 g/mol. The van der Waals surface area contributed by atoms with E-state index < -0.39 is 11.6 Å². The number of halogens is 2. The maximum atomic E-state index is 13.6. The van der Waals surface area contributed by atoms with E-state index in [1.165, 1.54) is 12.1 Å². The molecule has 3 nitrogen and oxygen atoms in total. The summed E-state index contributed by atoms with van der Waals surface area (Å²) in [6, 6.07) is 3.17. The Bertz CT molecular complexity index is 374. The largest absolute Gasteiger partial charge is 0.396 e. The molecule has 0 bridgehead atoms. The first-order valence-electron chi connectivity index (χ1n) is 6.14. The SMILES string of the molecule is CCC(CCO)NC(CN)c1ccc(F)cc1F. The first-order chi connectivity index (χ1) is 8.62. The van der Waals surface area contributed by atoms with Gasteiger partial charge in [-0.3, -0.25) is 0 Å². The van der Waals surface area contributed by atoms with Gasteiger partial charge in [0.2, 0.25) is 0 Å². The van der Waals surface area contributed by atoms with E-state index in [0.717, 1.165) is 12.5 Å². The predicted molar refractivity (Wildman–Crippen MR) is 67.1 cm³/mol. The van der Waals surface area contributed by atoms with E-state index in [9.17, 15) is 8.78 Å². The Labute approximate surface area is 106 Å². The Hall–Kier alpha value is -1.04. The lowest BCUT2D eigenvalue weighted by Gasteiger charge is -2.24. The summed E-state index contributed by atoms with van der Waals surface area (Å²) in [4.78, 5) is 0. The first-order valence-corrected chi connectivity index (χ1v) is 6.14. The van der Waals surface area contributed by atoms with Crippen LogP contribution < -0.4 is 11.1 Å². The van der Waals surface area contributed by atoms with Gasteiger partial charge in [0, 0.05) is 36.9 Å². The van der Waals surface area contributed by atoms with Crippen molar-refractivity contribution in [2.45, 2.75) is 31.8 Å². The van der Waals surface area contributed by atoms with Crippen LogP contribution in [0.1, 0.15) is 31.4 Å². The molecule has 18 heavy (non-hydrogen) atoms. The van der Waals surface area contributed by atoms with Gasteiger partial charge in [0.15, 0.2) is 0 Å². The van der Waals surface area contributed by atoms with Crippen molar-refractivity contribution in [2.24, 2.45) is 5.73 Å². The van der Waals surface area contributed by atoms with Gasteiger partial charge < -0.3 is 16.2 Å². The molecule has 5 heteroatoms. The average Bonchev–Trinajstić information content (AvgIpc) is 2.35. The highest BCUT2D eigenvalue weighted by molar-refractivity contribution is 5.22. The first kappa shape index (κ1) is 15.0. The number of nitrogens with one attached hydrogen (secondary N) is 1. The highest BCUT2D eigenvalue weighted by Gasteiger charge is 2.18. The van der Waals surface area contributed by atoms with Crippen LogP contribution in [0.15, 0.2) is 18.2 Å². The van der Waals surface area contributed by atoms with Crippen LogP contribution in [0, 0.1) is 11.6 Å². The fourth-order valence-electron chi connectivity index (χ4n) is 1.91. The molecule has 0 aromatic heterocycles. The molecule has 0 aliphatic rings. The van der Waals surface area contributed by atoms with Gasteiger partial charge in [-0.15, -0.1) is 0 Å². The second-order valence-electron chi connectivity index (χ2n) is 4.24. The topological polar surface area (TPSA) is 58.3 Å². The summed E-state index contributed by atoms with van der Waals surface area (Å²) in [6.07, 6.45) is 1.38. The molecule has 0 spiro atoms. The molecule has 0 saturated carbocycles. The van der Waals surface area contributed by atoms with Crippen molar-refractivity contribution in [3.63, 3.8) is 0 Å². The molecule has 2 atom stereocenters. The lowest BCUT2D eigenvalue weighted by atomic mass is 10.0. The molecule has 0 aliphatic heterocycles. The van der Waals surface area contributed by atoms with E-state index in [4.69, 9.17) is 10.8 Å². The van der Waals surface area contributed by atoms with E-state index in [1.807, 2.05) is 6.92 Å². The number of aliphatic hydroxyl groups is 1. The third kappa shape index (κ3) is 4.01. The standard InChI is InChI=1S/C13H20F2N2O/c1-2-10(5-6-18)17-13(8-16)11-4-3-9(14)7-12(11)15/h3-4,7,10,13,17-18H,2,5-6,8,16H2,1H3. The maximum Gasteiger partial charge on any atom is 0.130 e. The normalized spacial score (nSPS) is 14.5. The Morgan fingerprint density at radius 1 is 1.39 bits per heavy atom. The Morgan fingerprint density at radius 3 is 2.61 bits per heavy atom. The average molecular weight is 258 g/mol. The van der Waals surface area contributed by atoms with Crippen molar-refractivity contribution in [1.82, 2.24) is 5.32 Å². The lowest BCUT2D eigenvalue weighted by Crippen LogP contribution is -2.37. The van der Waals surface area contributed by atoms with E-state index in [1.54, 1.807) is 0 Å². The summed E-state index contributed by atoms with van der Waals surface area (Å²) < 4.78 is 26.5. The number of aliphatic hydroxyl groups excluding tert-OH is 1. The van der Waals surface area contributed by atoms with Crippen LogP contribution in [0.2, 0.25) is 0 Å². The molecule has 0 aliphatic carbocycles. The van der Waals surface area contributed by atoms with Gasteiger partial charge >= 0.3 is 0 Å². The van der Waals surface area contributed by atoms with Crippen LogP contribution in [0.4, 0.5) is 8.78 Å². The number of nitrogens with two attached hydrogens (primary N) is 1. The van der Waals surface area contributed by atoms with Crippen molar-refractivity contribution < 1.29 is 13.9 Å². The van der Waals surface area contributed by atoms with Crippen molar-refractivity contribution in [1.29, 1.82) is 0 Å². The fraction of sp³-hybridized carbons (Fsp3) is 0.538. The minimum atomic E-state index is -0.602. The molecule has 4 N–H and O–H groups in total. The molecule has 1 aromatic carbocycles. The zero-order valence-electron chi connectivity index (χ0n) is 10.5. The van der Waals surface area contributed by atoms with Crippen LogP contribution in [-0.2, 0) is 0 Å². The molecular weight excluding hydrogens is 238 g/mol. The van der Waals surface area contributed by atoms with Crippen LogP contribution in [0.25, 0.3) is 0 Å². The molecule has 2 unspecified atom stereocenters. The molecule has 1 rings (SSSR count). The molecule has 102 valence electrons. The van der Waals surface area contributed by atoms with Crippen LogP contribution >= 0.6 is 0 Å². The predicted octanol–water partition coefficient (Wildman–Crippen LogP) is 1.72. The van der Waals surface area contributed by atoms with Crippen LogP contribution in [0.3, 0.4) is 0 Å². The van der Waals surface area contributed by atoms with Crippen LogP contribution in [-0.4, -0.2) is 24.3 Å². The number of hydrogen-bond acceptors (Lipinski definition) is 3. The molecule has 1 aromatic rings. The second kappa shape index (κ2) is 7.41. The van der Waals surface area contributed by atoms with Gasteiger partial charge in [0.1, 0.15) is 11.6 Å². The minimum Gasteiger partial charge on any atom is -0.396 e. The van der Waals surface area contributed by atoms with Crippen molar-refractivity contribution in [2.75, 3.05) is 13.2 Å². The zero-order valence-corrected chi connectivity index (χ0v) is 10.5. The Balaban J connectivity index is 2.81. The highest BCUT2D eigenvalue weighted by atomic mass is 19.1. The highest BCUT2D eigenvalue weighted by Crippen LogP contribution is 2.18. The third-order valence-corrected chi connectivity index (χ3v) is 2.98. The minimum absolute atomic E-state index is 0.0630. The number of benzene rings is 1. The van der Waals surface area contributed by atoms with Crippen molar-refractivity contribution in [3.8, 4) is 0 Å². The summed E-state index contributed by atoms with van der Waals surface area (Å²) in [7, 11) is 0. The Kier molecular flexibility index (Phi) is 6.18. The third-order valence-electron chi connectivity index (χ3n) is 2.98. The van der Waals surface area contributed by atoms with Gasteiger partial charge in [-0.05, 0) is 18.9 Å². The Morgan fingerprint density at radius 2 is 2.11 bits per heavy atom. The van der Waals surface area contributed by atoms with Gasteiger partial charge in [-0.2, -0.15) is 0 Å². The lowest BCUT2D eigenvalue weighted by molar-refractivity contribution is 0.255. The van der Waals surface area contributed by atoms with E-state index in [0.29, 0.717) is 12.0 Å². The summed E-state index contributed by atoms with van der Waals surface area (Å²) in [5, 5.41) is 12.1. The van der Waals surface area contributed by atoms with Gasteiger partial charge in [-0.1, -0.05) is 13.0 Å². The van der Waals surface area contributed by atoms with Crippen LogP contribution in [0.5, 0.6) is 0 Å². The summed E-state index contributed by atoms with van der Waals surface area (Å²) in [6.45, 7) is 2.25. The molecule has 0 radical (unpaired) electrons. The summed E-state index contributed by atoms with van der Waals surface area (Å²) in [5.74, 6) is -1.20. The molecule has 0 fully saturated rings. The molecule has 0 heterocycles. The van der Waals surface area contributed by atoms with Gasteiger partial charge in [-0.25, -0.2) is 8.78 Å². The second-order valence-corrected chi connectivity index (χ2v) is 4.24. The summed E-state index contributed by atoms with van der Waals surface area (Å²) in [5.41, 5.74) is 5.98. The zero-order chi connectivity index (χ0) is 13.5. The van der Waals surface area contributed by atoms with E-state index in [-0.39, 0.29) is 25.2 Å². The van der Waals surface area contributed by atoms with E-state index >= 15 is 0 Å². The smallest absolute Gasteiger partial charge is 0.130 e. The van der Waals surface area contributed by atoms with E-state index in [2.05, 4.69) is 5.32 Å². The van der Waals surface area contributed by atoms with Gasteiger partial charge in [0.05, 0.1) is 0 Å². The van der Waals surface area contributed by atoms with Crippen molar-refractivity contribution >= 4 is 0 Å². The molecule has 0 amide bonds. The maximum absolute atomic E-state index is 13.6. The van der Waals surface area contributed by atoms with Gasteiger partial charge in [0.25, 0.3) is 0 Å².